The van der Waals surface area contributed by atoms with Crippen LogP contribution in [0.3, 0.4) is 0 Å². The molecule has 6 heteroatoms. The second kappa shape index (κ2) is 6.70. The smallest absolute Gasteiger partial charge is 0.251 e. The lowest BCUT2D eigenvalue weighted by Crippen LogP contribution is -2.54. The van der Waals surface area contributed by atoms with Crippen LogP contribution in [0.2, 0.25) is 0 Å². The fourth-order valence-electron chi connectivity index (χ4n) is 3.62. The van der Waals surface area contributed by atoms with Crippen molar-refractivity contribution in [2.75, 3.05) is 6.54 Å². The highest BCUT2D eigenvalue weighted by molar-refractivity contribution is 5.91. The summed E-state index contributed by atoms with van der Waals surface area (Å²) in [5, 5.41) is 20.2. The van der Waals surface area contributed by atoms with Gasteiger partial charge in [0, 0.05) is 11.6 Å². The van der Waals surface area contributed by atoms with E-state index in [9.17, 15) is 15.2 Å². The first-order chi connectivity index (χ1) is 13.4. The minimum absolute atomic E-state index is 0.224. The van der Waals surface area contributed by atoms with Crippen LogP contribution in [0.15, 0.2) is 60.4 Å². The Kier molecular flexibility index (Phi) is 4.33. The lowest BCUT2D eigenvalue weighted by molar-refractivity contribution is -0.137. The van der Waals surface area contributed by atoms with E-state index in [1.54, 1.807) is 36.9 Å². The van der Waals surface area contributed by atoms with Crippen LogP contribution in [0, 0.1) is 11.3 Å². The number of hydrogen-bond acceptors (Lipinski definition) is 5. The van der Waals surface area contributed by atoms with E-state index in [2.05, 4.69) is 6.07 Å². The van der Waals surface area contributed by atoms with Crippen LogP contribution in [0.5, 0.6) is 11.5 Å². The lowest BCUT2D eigenvalue weighted by atomic mass is 9.85. The van der Waals surface area contributed by atoms with Crippen LogP contribution in [-0.2, 0) is 4.79 Å². The standard InChI is InChI=1S/C22H20N2O4/c1-22(2)21(26)20(17-10-14(12-23)8-9-18(17)28-22)24-13-16(11-19(24)25)27-15-6-4-3-5-7-15/h3-11,20-21,26H,13H2,1-2H3/t20-,21+/m1/s1. The second-order valence-corrected chi connectivity index (χ2v) is 7.45. The SMILES string of the molecule is CC1(C)Oc2ccc(C#N)cc2[C@@H](N2CC(Oc3ccccc3)=CC2=O)[C@@H]1O. The van der Waals surface area contributed by atoms with E-state index in [0.29, 0.717) is 28.4 Å². The summed E-state index contributed by atoms with van der Waals surface area (Å²) in [6.45, 7) is 3.78. The molecule has 0 aromatic heterocycles. The molecule has 0 aliphatic carbocycles. The molecule has 0 radical (unpaired) electrons. The van der Waals surface area contributed by atoms with Gasteiger partial charge in [0.1, 0.15) is 29.0 Å². The monoisotopic (exact) mass is 376 g/mol. The molecule has 0 unspecified atom stereocenters. The van der Waals surface area contributed by atoms with Gasteiger partial charge in [-0.3, -0.25) is 4.79 Å². The van der Waals surface area contributed by atoms with Crippen molar-refractivity contribution in [3.8, 4) is 17.6 Å². The molecule has 142 valence electrons. The van der Waals surface area contributed by atoms with Crippen LogP contribution in [-0.4, -0.2) is 34.2 Å². The number of benzene rings is 2. The maximum Gasteiger partial charge on any atom is 0.251 e. The quantitative estimate of drug-likeness (QED) is 0.891. The zero-order valence-corrected chi connectivity index (χ0v) is 15.6. The van der Waals surface area contributed by atoms with Crippen molar-refractivity contribution in [2.24, 2.45) is 0 Å². The Labute approximate surface area is 163 Å². The molecule has 2 heterocycles. The second-order valence-electron chi connectivity index (χ2n) is 7.45. The molecule has 0 spiro atoms. The molecule has 0 bridgehead atoms. The molecule has 1 N–H and O–H groups in total. The average molecular weight is 376 g/mol. The third kappa shape index (κ3) is 3.10. The molecule has 2 aromatic rings. The highest BCUT2D eigenvalue weighted by Gasteiger charge is 2.48. The molecular formula is C22H20N2O4. The first kappa shape index (κ1) is 18.1. The van der Waals surface area contributed by atoms with Crippen molar-refractivity contribution >= 4 is 5.91 Å². The lowest BCUT2D eigenvalue weighted by Gasteiger charge is -2.45. The van der Waals surface area contributed by atoms with Gasteiger partial charge in [0.25, 0.3) is 5.91 Å². The van der Waals surface area contributed by atoms with Gasteiger partial charge in [-0.1, -0.05) is 18.2 Å². The molecule has 6 nitrogen and oxygen atoms in total. The molecule has 0 saturated heterocycles. The number of nitriles is 1. The van der Waals surface area contributed by atoms with Gasteiger partial charge in [0.2, 0.25) is 0 Å². The minimum atomic E-state index is -0.970. The summed E-state index contributed by atoms with van der Waals surface area (Å²) < 4.78 is 11.8. The van der Waals surface area contributed by atoms with Gasteiger partial charge in [-0.15, -0.1) is 0 Å². The zero-order valence-electron chi connectivity index (χ0n) is 15.6. The summed E-state index contributed by atoms with van der Waals surface area (Å²) >= 11 is 0. The Hall–Kier alpha value is -3.30. The Morgan fingerprint density at radius 2 is 2.00 bits per heavy atom. The molecular weight excluding hydrogens is 356 g/mol. The Morgan fingerprint density at radius 3 is 2.71 bits per heavy atom. The molecule has 2 aliphatic heterocycles. The molecule has 4 rings (SSSR count). The highest BCUT2D eigenvalue weighted by atomic mass is 16.5. The van der Waals surface area contributed by atoms with E-state index >= 15 is 0 Å². The Balaban J connectivity index is 1.67. The van der Waals surface area contributed by atoms with Gasteiger partial charge < -0.3 is 19.5 Å². The summed E-state index contributed by atoms with van der Waals surface area (Å²) in [5.41, 5.74) is 0.169. The van der Waals surface area contributed by atoms with Crippen LogP contribution in [0.1, 0.15) is 31.0 Å². The van der Waals surface area contributed by atoms with Crippen molar-refractivity contribution in [2.45, 2.75) is 31.6 Å². The predicted octanol–water partition coefficient (Wildman–Crippen LogP) is 2.94. The molecule has 2 aromatic carbocycles. The first-order valence-electron chi connectivity index (χ1n) is 9.04. The number of hydrogen-bond donors (Lipinski definition) is 1. The molecule has 28 heavy (non-hydrogen) atoms. The number of rotatable bonds is 3. The van der Waals surface area contributed by atoms with E-state index in [-0.39, 0.29) is 12.5 Å². The maximum absolute atomic E-state index is 12.7. The van der Waals surface area contributed by atoms with E-state index in [4.69, 9.17) is 9.47 Å². The number of amides is 1. The van der Waals surface area contributed by atoms with Crippen molar-refractivity contribution in [1.29, 1.82) is 5.26 Å². The number of carbonyl (C=O) groups is 1. The van der Waals surface area contributed by atoms with E-state index < -0.39 is 17.7 Å². The summed E-state index contributed by atoms with van der Waals surface area (Å²) in [6, 6.07) is 15.7. The Morgan fingerprint density at radius 1 is 1.25 bits per heavy atom. The molecule has 2 atom stereocenters. The molecule has 1 amide bonds. The highest BCUT2D eigenvalue weighted by Crippen LogP contribution is 2.44. The van der Waals surface area contributed by atoms with Crippen LogP contribution in [0.4, 0.5) is 0 Å². The summed E-state index contributed by atoms with van der Waals surface area (Å²) in [4.78, 5) is 14.3. The van der Waals surface area contributed by atoms with Gasteiger partial charge in [-0.2, -0.15) is 5.26 Å². The number of para-hydroxylation sites is 1. The first-order valence-corrected chi connectivity index (χ1v) is 9.04. The van der Waals surface area contributed by atoms with E-state index in [1.165, 1.54) is 6.08 Å². The number of ether oxygens (including phenoxy) is 2. The summed E-state index contributed by atoms with van der Waals surface area (Å²) in [6.07, 6.45) is 0.470. The van der Waals surface area contributed by atoms with Crippen LogP contribution < -0.4 is 9.47 Å². The van der Waals surface area contributed by atoms with Gasteiger partial charge in [0.15, 0.2) is 0 Å². The minimum Gasteiger partial charge on any atom is -0.485 e. The number of aliphatic hydroxyl groups excluding tert-OH is 1. The fraction of sp³-hybridized carbons (Fsp3) is 0.273. The van der Waals surface area contributed by atoms with Gasteiger partial charge >= 0.3 is 0 Å². The summed E-state index contributed by atoms with van der Waals surface area (Å²) in [5.74, 6) is 1.46. The van der Waals surface area contributed by atoms with E-state index in [0.717, 1.165) is 0 Å². The predicted molar refractivity (Wildman–Crippen MR) is 101 cm³/mol. The van der Waals surface area contributed by atoms with Crippen LogP contribution >= 0.6 is 0 Å². The van der Waals surface area contributed by atoms with Crippen molar-refractivity contribution in [1.82, 2.24) is 4.90 Å². The van der Waals surface area contributed by atoms with Gasteiger partial charge in [-0.25, -0.2) is 0 Å². The van der Waals surface area contributed by atoms with Crippen molar-refractivity contribution in [3.05, 3.63) is 71.5 Å². The number of nitrogens with zero attached hydrogens (tertiary/aromatic N) is 2. The number of fused-ring (bicyclic) bond motifs is 1. The fourth-order valence-corrected chi connectivity index (χ4v) is 3.62. The number of carbonyl (C=O) groups excluding carboxylic acids is 1. The normalized spacial score (nSPS) is 22.7. The average Bonchev–Trinajstić information content (AvgIpc) is 3.03. The van der Waals surface area contributed by atoms with E-state index in [1.807, 2.05) is 30.3 Å². The topological polar surface area (TPSA) is 82.8 Å². The van der Waals surface area contributed by atoms with Gasteiger partial charge in [-0.05, 0) is 44.2 Å². The van der Waals surface area contributed by atoms with Gasteiger partial charge in [0.05, 0.1) is 24.2 Å². The van der Waals surface area contributed by atoms with Crippen molar-refractivity contribution in [3.63, 3.8) is 0 Å². The van der Waals surface area contributed by atoms with Crippen molar-refractivity contribution < 1.29 is 19.4 Å². The maximum atomic E-state index is 12.7. The Bertz CT molecular complexity index is 991. The largest absolute Gasteiger partial charge is 0.485 e. The summed E-state index contributed by atoms with van der Waals surface area (Å²) in [7, 11) is 0. The van der Waals surface area contributed by atoms with Crippen LogP contribution in [0.25, 0.3) is 0 Å². The third-order valence-electron chi connectivity index (χ3n) is 5.06. The third-order valence-corrected chi connectivity index (χ3v) is 5.06. The number of aliphatic hydroxyl groups is 1. The zero-order chi connectivity index (χ0) is 19.9. The molecule has 0 fully saturated rings. The molecule has 0 saturated carbocycles. The molecule has 2 aliphatic rings.